The first-order chi connectivity index (χ1) is 23.4. The van der Waals surface area contributed by atoms with Crippen molar-refractivity contribution in [3.05, 3.63) is 0 Å². The van der Waals surface area contributed by atoms with Gasteiger partial charge in [0.2, 0.25) is 10.0 Å². The number of rotatable bonds is 39. The summed E-state index contributed by atoms with van der Waals surface area (Å²) >= 11 is 1.13. The van der Waals surface area contributed by atoms with E-state index in [1.807, 2.05) is 0 Å². The van der Waals surface area contributed by atoms with Gasteiger partial charge < -0.3 is 13.7 Å². The number of esters is 1. The maximum Gasteiger partial charge on any atom is 0.306 e. The van der Waals surface area contributed by atoms with E-state index in [9.17, 15) is 13.2 Å². The summed E-state index contributed by atoms with van der Waals surface area (Å²) in [6.07, 6.45) is 30.1. The fraction of sp³-hybridized carbons (Fsp3) is 0.973. The van der Waals surface area contributed by atoms with Gasteiger partial charge in [0, 0.05) is 24.5 Å². The summed E-state index contributed by atoms with van der Waals surface area (Å²) in [5.41, 5.74) is 0. The minimum absolute atomic E-state index is 0.0663. The molecule has 0 spiro atoms. The van der Waals surface area contributed by atoms with E-state index in [1.54, 1.807) is 0 Å². The average molecular weight is 736 g/mol. The molecule has 0 heterocycles. The molecule has 48 heavy (non-hydrogen) atoms. The van der Waals surface area contributed by atoms with Gasteiger partial charge in [-0.15, -0.1) is 0 Å². The van der Waals surface area contributed by atoms with E-state index in [-0.39, 0.29) is 38.7 Å². The molecule has 0 aromatic carbocycles. The SMILES string of the molecule is [B]PSOCC(COCCC(CCCCCCC)OC(=O)CCCCCCCCCCC)NS(=O)(=O)CCCCCCCCCCCC. The Labute approximate surface area is 305 Å². The highest BCUT2D eigenvalue weighted by molar-refractivity contribution is 8.53. The summed E-state index contributed by atoms with van der Waals surface area (Å²) in [7, 11) is 2.19. The van der Waals surface area contributed by atoms with E-state index < -0.39 is 16.1 Å². The zero-order chi connectivity index (χ0) is 35.4. The fourth-order valence-corrected chi connectivity index (χ4v) is 7.92. The van der Waals surface area contributed by atoms with Crippen LogP contribution in [0.1, 0.15) is 194 Å². The molecule has 3 unspecified atom stereocenters. The molecule has 0 saturated carbocycles. The predicted octanol–water partition coefficient (Wildman–Crippen LogP) is 11.1. The smallest absolute Gasteiger partial charge is 0.306 e. The summed E-state index contributed by atoms with van der Waals surface area (Å²) in [5.74, 6) is 0.00279. The third-order valence-corrected chi connectivity index (χ3v) is 11.3. The minimum Gasteiger partial charge on any atom is -0.462 e. The van der Waals surface area contributed by atoms with E-state index >= 15 is 0 Å². The van der Waals surface area contributed by atoms with E-state index in [0.29, 0.717) is 25.9 Å². The van der Waals surface area contributed by atoms with Gasteiger partial charge in [-0.1, -0.05) is 163 Å². The van der Waals surface area contributed by atoms with Crippen molar-refractivity contribution in [3.63, 3.8) is 0 Å². The maximum atomic E-state index is 12.9. The number of carbonyl (C=O) groups is 1. The molecular formula is C37H75BNO6PS2. The van der Waals surface area contributed by atoms with Crippen LogP contribution >= 0.6 is 19.3 Å². The summed E-state index contributed by atoms with van der Waals surface area (Å²) in [5, 5.41) is 0. The summed E-state index contributed by atoms with van der Waals surface area (Å²) in [6.45, 7) is 7.46. The van der Waals surface area contributed by atoms with Gasteiger partial charge in [0.1, 0.15) is 13.7 Å². The van der Waals surface area contributed by atoms with Crippen molar-refractivity contribution in [3.8, 4) is 0 Å². The molecule has 0 aliphatic heterocycles. The Morgan fingerprint density at radius 3 is 1.67 bits per heavy atom. The Morgan fingerprint density at radius 1 is 0.667 bits per heavy atom. The highest BCUT2D eigenvalue weighted by atomic mass is 32.7. The van der Waals surface area contributed by atoms with Crippen LogP contribution in [0.4, 0.5) is 0 Å². The summed E-state index contributed by atoms with van der Waals surface area (Å²) in [4.78, 5) is 12.7. The minimum atomic E-state index is -3.45. The van der Waals surface area contributed by atoms with Crippen molar-refractivity contribution in [2.45, 2.75) is 206 Å². The molecule has 0 aromatic rings. The number of unbranched alkanes of at least 4 members (excludes halogenated alkanes) is 21. The Kier molecular flexibility index (Phi) is 37.0. The number of hydrogen-bond donors (Lipinski definition) is 1. The van der Waals surface area contributed by atoms with Crippen molar-refractivity contribution in [1.29, 1.82) is 0 Å². The number of ether oxygens (including phenoxy) is 2. The summed E-state index contributed by atoms with van der Waals surface area (Å²) in [6, 6.07) is -0.497. The van der Waals surface area contributed by atoms with Crippen LogP contribution < -0.4 is 4.72 Å². The van der Waals surface area contributed by atoms with E-state index in [1.165, 1.54) is 109 Å². The molecule has 1 N–H and O–H groups in total. The molecular weight excluding hydrogens is 660 g/mol. The lowest BCUT2D eigenvalue weighted by atomic mass is 10.1. The molecule has 0 saturated heterocycles. The van der Waals surface area contributed by atoms with Crippen LogP contribution in [-0.4, -0.2) is 59.7 Å². The number of nitrogens with one attached hydrogen (secondary N) is 1. The Balaban J connectivity index is 4.59. The van der Waals surface area contributed by atoms with Gasteiger partial charge in [0.05, 0.1) is 31.6 Å². The molecule has 0 rings (SSSR count). The van der Waals surface area contributed by atoms with Crippen LogP contribution in [0.3, 0.4) is 0 Å². The lowest BCUT2D eigenvalue weighted by Gasteiger charge is -2.21. The van der Waals surface area contributed by atoms with Crippen LogP contribution in [-0.2, 0) is 28.5 Å². The second-order valence-corrected chi connectivity index (χ2v) is 17.3. The second-order valence-electron chi connectivity index (χ2n) is 13.6. The standard InChI is InChI=1S/C37H75BNO6PS2/c1-4-7-10-13-15-17-19-21-24-27-32-48(41,42)39-35(34-44-47-46-38)33-43-31-30-36(28-25-22-12-9-6-3)45-37(40)29-26-23-20-18-16-14-11-8-5-2/h35-36,39,46H,4-34H2,1-3H3. The lowest BCUT2D eigenvalue weighted by Crippen LogP contribution is -2.42. The molecule has 3 atom stereocenters. The van der Waals surface area contributed by atoms with E-state index in [2.05, 4.69) is 25.5 Å². The molecule has 284 valence electrons. The largest absolute Gasteiger partial charge is 0.462 e. The highest BCUT2D eigenvalue weighted by Gasteiger charge is 2.20. The molecule has 0 bridgehead atoms. The first-order valence-corrected chi connectivity index (χ1v) is 24.1. The normalized spacial score (nSPS) is 13.4. The maximum absolute atomic E-state index is 12.9. The molecule has 2 radical (unpaired) electrons. The van der Waals surface area contributed by atoms with E-state index in [4.69, 9.17) is 21.2 Å². The molecule has 0 amide bonds. The van der Waals surface area contributed by atoms with Crippen molar-refractivity contribution in [2.75, 3.05) is 25.6 Å². The average Bonchev–Trinajstić information content (AvgIpc) is 3.06. The van der Waals surface area contributed by atoms with Gasteiger partial charge in [-0.25, -0.2) is 13.1 Å². The van der Waals surface area contributed by atoms with Crippen molar-refractivity contribution < 1.29 is 26.9 Å². The molecule has 0 aromatic heterocycles. The van der Waals surface area contributed by atoms with Crippen molar-refractivity contribution in [1.82, 2.24) is 4.72 Å². The second kappa shape index (κ2) is 36.9. The molecule has 0 fully saturated rings. The highest BCUT2D eigenvalue weighted by Crippen LogP contribution is 2.24. The topological polar surface area (TPSA) is 90.9 Å². The number of sulfonamides is 1. The van der Waals surface area contributed by atoms with Crippen LogP contribution in [0.2, 0.25) is 0 Å². The zero-order valence-corrected chi connectivity index (χ0v) is 34.1. The lowest BCUT2D eigenvalue weighted by molar-refractivity contribution is -0.150. The quantitative estimate of drug-likeness (QED) is 0.0221. The Bertz CT molecular complexity index is 796. The molecule has 0 aliphatic rings. The molecule has 0 aliphatic carbocycles. The molecule has 7 nitrogen and oxygen atoms in total. The first kappa shape index (κ1) is 48.1. The monoisotopic (exact) mass is 735 g/mol. The van der Waals surface area contributed by atoms with Crippen LogP contribution in [0.15, 0.2) is 0 Å². The third-order valence-electron chi connectivity index (χ3n) is 8.80. The zero-order valence-electron chi connectivity index (χ0n) is 31.4. The van der Waals surface area contributed by atoms with Gasteiger partial charge in [0.15, 0.2) is 0 Å². The van der Waals surface area contributed by atoms with Crippen LogP contribution in [0.25, 0.3) is 0 Å². The Hall–Kier alpha value is 0.145. The van der Waals surface area contributed by atoms with Gasteiger partial charge in [-0.3, -0.25) is 4.79 Å². The van der Waals surface area contributed by atoms with Crippen molar-refractivity contribution >= 4 is 42.9 Å². The number of hydrogen-bond acceptors (Lipinski definition) is 7. The predicted molar refractivity (Wildman–Crippen MR) is 211 cm³/mol. The van der Waals surface area contributed by atoms with Gasteiger partial charge >= 0.3 is 5.97 Å². The number of carbonyl (C=O) groups excluding carboxylic acids is 1. The van der Waals surface area contributed by atoms with Crippen LogP contribution in [0.5, 0.6) is 0 Å². The summed E-state index contributed by atoms with van der Waals surface area (Å²) < 4.78 is 45.9. The third kappa shape index (κ3) is 34.6. The molecule has 11 heteroatoms. The fourth-order valence-electron chi connectivity index (χ4n) is 5.86. The Morgan fingerprint density at radius 2 is 1.15 bits per heavy atom. The van der Waals surface area contributed by atoms with Gasteiger partial charge in [-0.05, 0) is 25.7 Å². The first-order valence-electron chi connectivity index (χ1n) is 19.9. The van der Waals surface area contributed by atoms with Gasteiger partial charge in [-0.2, -0.15) is 0 Å². The van der Waals surface area contributed by atoms with Crippen LogP contribution in [0, 0.1) is 0 Å². The van der Waals surface area contributed by atoms with Gasteiger partial charge in [0.25, 0.3) is 0 Å². The van der Waals surface area contributed by atoms with Crippen molar-refractivity contribution in [2.24, 2.45) is 0 Å². The van der Waals surface area contributed by atoms with E-state index in [0.717, 1.165) is 56.6 Å².